The third-order valence-corrected chi connectivity index (χ3v) is 3.92. The molecule has 1 aromatic carbocycles. The van der Waals surface area contributed by atoms with Crippen LogP contribution < -0.4 is 10.2 Å². The van der Waals surface area contributed by atoms with Crippen molar-refractivity contribution < 1.29 is 14.3 Å². The molecule has 1 aromatic rings. The van der Waals surface area contributed by atoms with Crippen LogP contribution in [-0.2, 0) is 14.3 Å². The van der Waals surface area contributed by atoms with E-state index in [0.717, 1.165) is 44.1 Å². The maximum absolute atomic E-state index is 12.2. The molecule has 0 spiro atoms. The molecular formula is C18H28N2O3. The molecule has 1 N–H and O–H groups in total. The minimum absolute atomic E-state index is 0.104. The molecule has 1 amide bonds. The Kier molecular flexibility index (Phi) is 6.86. The van der Waals surface area contributed by atoms with E-state index >= 15 is 0 Å². The number of hydrogen-bond acceptors (Lipinski definition) is 4. The van der Waals surface area contributed by atoms with Crippen LogP contribution in [0.15, 0.2) is 24.3 Å². The first-order valence-electron chi connectivity index (χ1n) is 8.41. The molecule has 1 aliphatic heterocycles. The Morgan fingerprint density at radius 1 is 1.30 bits per heavy atom. The van der Waals surface area contributed by atoms with Gasteiger partial charge in [0, 0.05) is 31.1 Å². The van der Waals surface area contributed by atoms with Crippen molar-refractivity contribution in [2.45, 2.75) is 33.3 Å². The average Bonchev–Trinajstić information content (AvgIpc) is 2.55. The van der Waals surface area contributed by atoms with Crippen molar-refractivity contribution in [3.8, 4) is 0 Å². The molecule has 5 nitrogen and oxygen atoms in total. The number of rotatable bonds is 7. The summed E-state index contributed by atoms with van der Waals surface area (Å²) in [7, 11) is 0. The van der Waals surface area contributed by atoms with E-state index in [2.05, 4.69) is 30.1 Å². The second-order valence-electron chi connectivity index (χ2n) is 6.33. The summed E-state index contributed by atoms with van der Waals surface area (Å²) in [5, 5.41) is 2.94. The molecule has 1 heterocycles. The van der Waals surface area contributed by atoms with Gasteiger partial charge in [-0.05, 0) is 37.5 Å². The summed E-state index contributed by atoms with van der Waals surface area (Å²) in [5.41, 5.74) is 1.91. The monoisotopic (exact) mass is 320 g/mol. The van der Waals surface area contributed by atoms with E-state index in [1.165, 1.54) is 0 Å². The number of nitrogens with zero attached hydrogens (tertiary/aromatic N) is 1. The van der Waals surface area contributed by atoms with Crippen LogP contribution in [0.25, 0.3) is 0 Å². The van der Waals surface area contributed by atoms with E-state index in [1.54, 1.807) is 6.92 Å². The quantitative estimate of drug-likeness (QED) is 0.839. The molecule has 1 unspecified atom stereocenters. The fourth-order valence-corrected chi connectivity index (χ4v) is 2.40. The van der Waals surface area contributed by atoms with Gasteiger partial charge in [-0.3, -0.25) is 4.79 Å². The Morgan fingerprint density at radius 2 is 2.04 bits per heavy atom. The second kappa shape index (κ2) is 8.89. The third kappa shape index (κ3) is 5.84. The summed E-state index contributed by atoms with van der Waals surface area (Å²) >= 11 is 0. The second-order valence-corrected chi connectivity index (χ2v) is 6.33. The van der Waals surface area contributed by atoms with Gasteiger partial charge in [-0.15, -0.1) is 0 Å². The SMILES string of the molecule is CC(C)CCOC(C)C(=O)Nc1cccc(N2CCOCC2)c1. The number of carbonyl (C=O) groups is 1. The summed E-state index contributed by atoms with van der Waals surface area (Å²) in [6.45, 7) is 9.95. The van der Waals surface area contributed by atoms with E-state index in [0.29, 0.717) is 12.5 Å². The van der Waals surface area contributed by atoms with Gasteiger partial charge in [0.1, 0.15) is 6.10 Å². The first-order chi connectivity index (χ1) is 11.1. The largest absolute Gasteiger partial charge is 0.378 e. The van der Waals surface area contributed by atoms with Crippen molar-refractivity contribution in [1.29, 1.82) is 0 Å². The van der Waals surface area contributed by atoms with Crippen molar-refractivity contribution in [3.63, 3.8) is 0 Å². The molecule has 23 heavy (non-hydrogen) atoms. The van der Waals surface area contributed by atoms with Gasteiger partial charge >= 0.3 is 0 Å². The lowest BCUT2D eigenvalue weighted by Crippen LogP contribution is -2.36. The zero-order valence-electron chi connectivity index (χ0n) is 14.4. The van der Waals surface area contributed by atoms with Crippen LogP contribution in [0.1, 0.15) is 27.2 Å². The van der Waals surface area contributed by atoms with Crippen LogP contribution in [0.5, 0.6) is 0 Å². The fourth-order valence-electron chi connectivity index (χ4n) is 2.40. The first-order valence-corrected chi connectivity index (χ1v) is 8.41. The van der Waals surface area contributed by atoms with E-state index < -0.39 is 6.10 Å². The molecule has 1 aliphatic rings. The van der Waals surface area contributed by atoms with Gasteiger partial charge in [-0.25, -0.2) is 0 Å². The van der Waals surface area contributed by atoms with Gasteiger partial charge in [0.25, 0.3) is 5.91 Å². The number of amides is 1. The minimum Gasteiger partial charge on any atom is -0.378 e. The molecule has 1 fully saturated rings. The van der Waals surface area contributed by atoms with Crippen molar-refractivity contribution in [2.75, 3.05) is 43.1 Å². The minimum atomic E-state index is -0.444. The fraction of sp³-hybridized carbons (Fsp3) is 0.611. The summed E-state index contributed by atoms with van der Waals surface area (Å²) in [4.78, 5) is 14.5. The number of ether oxygens (including phenoxy) is 2. The molecule has 0 aliphatic carbocycles. The molecule has 0 bridgehead atoms. The van der Waals surface area contributed by atoms with Crippen molar-refractivity contribution >= 4 is 17.3 Å². The van der Waals surface area contributed by atoms with Crippen LogP contribution >= 0.6 is 0 Å². The highest BCUT2D eigenvalue weighted by Gasteiger charge is 2.15. The summed E-state index contributed by atoms with van der Waals surface area (Å²) < 4.78 is 11.0. The van der Waals surface area contributed by atoms with Gasteiger partial charge in [-0.1, -0.05) is 19.9 Å². The van der Waals surface area contributed by atoms with Crippen LogP contribution in [0.2, 0.25) is 0 Å². The Bertz CT molecular complexity index is 499. The van der Waals surface area contributed by atoms with E-state index in [9.17, 15) is 4.79 Å². The van der Waals surface area contributed by atoms with Gasteiger partial charge in [0.15, 0.2) is 0 Å². The third-order valence-electron chi connectivity index (χ3n) is 3.92. The van der Waals surface area contributed by atoms with Crippen molar-refractivity contribution in [1.82, 2.24) is 0 Å². The molecule has 0 radical (unpaired) electrons. The van der Waals surface area contributed by atoms with E-state index in [4.69, 9.17) is 9.47 Å². The summed E-state index contributed by atoms with van der Waals surface area (Å²) in [6, 6.07) is 7.93. The predicted molar refractivity (Wildman–Crippen MR) is 93.0 cm³/mol. The Hall–Kier alpha value is -1.59. The number of anilines is 2. The zero-order valence-corrected chi connectivity index (χ0v) is 14.4. The van der Waals surface area contributed by atoms with Gasteiger partial charge in [0.2, 0.25) is 0 Å². The summed E-state index contributed by atoms with van der Waals surface area (Å²) in [6.07, 6.45) is 0.519. The highest BCUT2D eigenvalue weighted by Crippen LogP contribution is 2.20. The van der Waals surface area contributed by atoms with Gasteiger partial charge in [-0.2, -0.15) is 0 Å². The van der Waals surface area contributed by atoms with Crippen LogP contribution in [-0.4, -0.2) is 44.9 Å². The van der Waals surface area contributed by atoms with Crippen LogP contribution in [0, 0.1) is 5.92 Å². The molecule has 2 rings (SSSR count). The van der Waals surface area contributed by atoms with Crippen LogP contribution in [0.4, 0.5) is 11.4 Å². The van der Waals surface area contributed by atoms with E-state index in [-0.39, 0.29) is 5.91 Å². The zero-order chi connectivity index (χ0) is 16.7. The maximum atomic E-state index is 12.2. The van der Waals surface area contributed by atoms with Gasteiger partial charge < -0.3 is 19.7 Å². The molecule has 1 atom stereocenters. The van der Waals surface area contributed by atoms with Crippen molar-refractivity contribution in [2.24, 2.45) is 5.92 Å². The normalized spacial score (nSPS) is 16.4. The van der Waals surface area contributed by atoms with Gasteiger partial charge in [0.05, 0.1) is 13.2 Å². The Morgan fingerprint density at radius 3 is 2.74 bits per heavy atom. The smallest absolute Gasteiger partial charge is 0.253 e. The Labute approximate surface area is 139 Å². The van der Waals surface area contributed by atoms with E-state index in [1.807, 2.05) is 18.2 Å². The summed E-state index contributed by atoms with van der Waals surface area (Å²) in [5.74, 6) is 0.475. The number of hydrogen-bond donors (Lipinski definition) is 1. The lowest BCUT2D eigenvalue weighted by Gasteiger charge is -2.29. The van der Waals surface area contributed by atoms with Crippen LogP contribution in [0.3, 0.4) is 0 Å². The lowest BCUT2D eigenvalue weighted by atomic mass is 10.1. The number of nitrogens with one attached hydrogen (secondary N) is 1. The first kappa shape index (κ1) is 17.8. The molecule has 1 saturated heterocycles. The maximum Gasteiger partial charge on any atom is 0.253 e. The molecule has 5 heteroatoms. The number of benzene rings is 1. The lowest BCUT2D eigenvalue weighted by molar-refractivity contribution is -0.126. The highest BCUT2D eigenvalue weighted by molar-refractivity contribution is 5.94. The Balaban J connectivity index is 1.87. The number of carbonyl (C=O) groups excluding carboxylic acids is 1. The predicted octanol–water partition coefficient (Wildman–Crippen LogP) is 2.91. The average molecular weight is 320 g/mol. The molecule has 0 saturated carbocycles. The molecular weight excluding hydrogens is 292 g/mol. The number of morpholine rings is 1. The van der Waals surface area contributed by atoms with Crippen molar-refractivity contribution in [3.05, 3.63) is 24.3 Å². The standard InChI is InChI=1S/C18H28N2O3/c1-14(2)7-10-23-15(3)18(21)19-16-5-4-6-17(13-16)20-8-11-22-12-9-20/h4-6,13-15H,7-12H2,1-3H3,(H,19,21). The highest BCUT2D eigenvalue weighted by atomic mass is 16.5. The topological polar surface area (TPSA) is 50.8 Å². The molecule has 128 valence electrons. The molecule has 0 aromatic heterocycles.